The third-order valence-electron chi connectivity index (χ3n) is 13.1. The number of benzene rings is 8. The lowest BCUT2D eigenvalue weighted by atomic mass is 9.58. The van der Waals surface area contributed by atoms with Gasteiger partial charge in [0.05, 0.1) is 5.52 Å². The Balaban J connectivity index is 1.19. The van der Waals surface area contributed by atoms with Crippen LogP contribution in [0.5, 0.6) is 0 Å². The van der Waals surface area contributed by atoms with E-state index in [2.05, 4.69) is 197 Å². The number of fused-ring (bicyclic) bond motifs is 11. The maximum absolute atomic E-state index is 6.56. The van der Waals surface area contributed by atoms with E-state index in [1.54, 1.807) is 0 Å². The normalized spacial score (nSPS) is 12.9. The van der Waals surface area contributed by atoms with E-state index in [0.29, 0.717) is 0 Å². The summed E-state index contributed by atoms with van der Waals surface area (Å²) in [6, 6.07) is 55.5. The molecule has 1 aliphatic heterocycles. The molecule has 4 nitrogen and oxygen atoms in total. The molecule has 5 heteroatoms. The number of para-hydroxylation sites is 3. The first-order valence-electron chi connectivity index (χ1n) is 21.5. The van der Waals surface area contributed by atoms with Gasteiger partial charge < -0.3 is 18.7 Å². The van der Waals surface area contributed by atoms with Crippen LogP contribution in [-0.4, -0.2) is 11.8 Å². The van der Waals surface area contributed by atoms with Gasteiger partial charge in [0, 0.05) is 60.5 Å². The molecule has 8 aromatic carbocycles. The summed E-state index contributed by atoms with van der Waals surface area (Å²) in [6.07, 6.45) is 0. The van der Waals surface area contributed by atoms with Gasteiger partial charge in [0.2, 0.25) is 0 Å². The van der Waals surface area contributed by atoms with Crippen molar-refractivity contribution < 1.29 is 8.83 Å². The van der Waals surface area contributed by atoms with Crippen LogP contribution in [0.2, 0.25) is 0 Å². The molecule has 0 radical (unpaired) electrons. The number of anilines is 2. The second-order valence-corrected chi connectivity index (χ2v) is 19.1. The molecular weight excluding hydrogens is 743 g/mol. The fourth-order valence-corrected chi connectivity index (χ4v) is 9.92. The van der Waals surface area contributed by atoms with Gasteiger partial charge >= 0.3 is 0 Å². The minimum atomic E-state index is -0.0333. The molecule has 61 heavy (non-hydrogen) atoms. The van der Waals surface area contributed by atoms with Crippen LogP contribution in [0.1, 0.15) is 52.7 Å². The number of nitrogens with one attached hydrogen (secondary N) is 1. The van der Waals surface area contributed by atoms with Crippen LogP contribution >= 0.6 is 0 Å². The molecule has 0 fully saturated rings. The minimum Gasteiger partial charge on any atom is -0.456 e. The van der Waals surface area contributed by atoms with Gasteiger partial charge in [-0.05, 0) is 117 Å². The molecule has 0 spiro atoms. The number of rotatable bonds is 4. The summed E-state index contributed by atoms with van der Waals surface area (Å²) >= 11 is 0. The van der Waals surface area contributed by atoms with Gasteiger partial charge in [-0.15, -0.1) is 0 Å². The summed E-state index contributed by atoms with van der Waals surface area (Å²) < 4.78 is 15.7. The molecule has 0 amide bonds. The Labute approximate surface area is 355 Å². The Hall–Kier alpha value is -6.98. The third-order valence-corrected chi connectivity index (χ3v) is 13.1. The van der Waals surface area contributed by atoms with Crippen molar-refractivity contribution >= 4 is 95.3 Å². The fourth-order valence-electron chi connectivity index (χ4n) is 9.92. The van der Waals surface area contributed by atoms with E-state index >= 15 is 0 Å². The predicted molar refractivity (Wildman–Crippen MR) is 260 cm³/mol. The minimum absolute atomic E-state index is 0.0333. The van der Waals surface area contributed by atoms with Crippen LogP contribution in [0.25, 0.3) is 93.6 Å². The molecule has 1 N–H and O–H groups in total. The van der Waals surface area contributed by atoms with Crippen molar-refractivity contribution in [2.24, 2.45) is 0 Å². The fraction of sp³-hybridized carbons (Fsp3) is 0.143. The van der Waals surface area contributed by atoms with Crippen molar-refractivity contribution in [3.05, 3.63) is 163 Å². The largest absolute Gasteiger partial charge is 0.456 e. The standard InChI is InChI=1S/C56H45BN2O2/c1-55(2,3)33-20-23-35(24-21-33)58-45-16-10-7-13-36(45)42-29-40(32-19-25-39-37-14-8-11-17-48(37)60-50(39)27-32)52-43-28-34(56(4,5)6)22-26-46(43)59-47-30-41-38-15-9-12-18-49(38)61-51(41)31-44(47)57-53(42)54(52)59/h7-31,57-58H,1-6H3. The van der Waals surface area contributed by atoms with E-state index in [1.807, 2.05) is 6.07 Å². The summed E-state index contributed by atoms with van der Waals surface area (Å²) in [7, 11) is 0.758. The van der Waals surface area contributed by atoms with E-state index in [0.717, 1.165) is 73.7 Å². The SMILES string of the molecule is CC(C)(C)c1ccc(Nc2ccccc2-c2cc(-c3ccc4c(c3)oc3ccccc34)c3c4cc(C(C)(C)C)ccc4n4c3c2Bc2cc3oc5ccccc5c3cc2-4)cc1. The molecule has 0 atom stereocenters. The van der Waals surface area contributed by atoms with Crippen molar-refractivity contribution in [2.75, 3.05) is 5.32 Å². The van der Waals surface area contributed by atoms with E-state index in [-0.39, 0.29) is 10.8 Å². The highest BCUT2D eigenvalue weighted by Crippen LogP contribution is 2.45. The molecule has 11 aromatic rings. The summed E-state index contributed by atoms with van der Waals surface area (Å²) in [5, 5.41) is 10.9. The lowest BCUT2D eigenvalue weighted by Crippen LogP contribution is -2.37. The number of hydrogen-bond acceptors (Lipinski definition) is 3. The summed E-state index contributed by atoms with van der Waals surface area (Å²) in [6.45, 7) is 13.7. The third kappa shape index (κ3) is 5.53. The Morgan fingerprint density at radius 3 is 1.87 bits per heavy atom. The van der Waals surface area contributed by atoms with Crippen LogP contribution in [-0.2, 0) is 10.8 Å². The molecule has 294 valence electrons. The first-order valence-corrected chi connectivity index (χ1v) is 21.5. The quantitative estimate of drug-likeness (QED) is 0.181. The lowest BCUT2D eigenvalue weighted by molar-refractivity contribution is 0.590. The van der Waals surface area contributed by atoms with Crippen LogP contribution in [0.15, 0.2) is 160 Å². The maximum atomic E-state index is 6.56. The molecule has 4 heterocycles. The molecule has 12 rings (SSSR count). The highest BCUT2D eigenvalue weighted by atomic mass is 16.3. The van der Waals surface area contributed by atoms with E-state index in [4.69, 9.17) is 8.83 Å². The van der Waals surface area contributed by atoms with Crippen molar-refractivity contribution in [1.82, 2.24) is 4.57 Å². The molecule has 0 aliphatic carbocycles. The van der Waals surface area contributed by atoms with E-state index < -0.39 is 0 Å². The smallest absolute Gasteiger partial charge is 0.198 e. The first-order chi connectivity index (χ1) is 29.5. The highest BCUT2D eigenvalue weighted by Gasteiger charge is 2.31. The number of nitrogens with zero attached hydrogens (tertiary/aromatic N) is 1. The van der Waals surface area contributed by atoms with Gasteiger partial charge in [-0.2, -0.15) is 0 Å². The molecule has 0 unspecified atom stereocenters. The van der Waals surface area contributed by atoms with Crippen LogP contribution < -0.4 is 16.2 Å². The van der Waals surface area contributed by atoms with Gasteiger partial charge in [-0.25, -0.2) is 0 Å². The molecule has 0 saturated carbocycles. The molecule has 0 bridgehead atoms. The Bertz CT molecular complexity index is 3610. The first kappa shape index (κ1) is 35.9. The molecule has 3 aromatic heterocycles. The van der Waals surface area contributed by atoms with Gasteiger partial charge in [0.15, 0.2) is 7.28 Å². The van der Waals surface area contributed by atoms with Crippen molar-refractivity contribution in [3.8, 4) is 27.9 Å². The monoisotopic (exact) mass is 788 g/mol. The maximum Gasteiger partial charge on any atom is 0.198 e. The zero-order chi connectivity index (χ0) is 41.4. The van der Waals surface area contributed by atoms with Crippen LogP contribution in [0.3, 0.4) is 0 Å². The summed E-state index contributed by atoms with van der Waals surface area (Å²) in [5.74, 6) is 0. The van der Waals surface area contributed by atoms with Crippen molar-refractivity contribution in [1.29, 1.82) is 0 Å². The Kier molecular flexibility index (Phi) is 7.52. The Morgan fingerprint density at radius 1 is 0.492 bits per heavy atom. The van der Waals surface area contributed by atoms with Gasteiger partial charge in [0.25, 0.3) is 0 Å². The molecule has 1 aliphatic rings. The summed E-state index contributed by atoms with van der Waals surface area (Å²) in [4.78, 5) is 0. The number of furan rings is 2. The highest BCUT2D eigenvalue weighted by molar-refractivity contribution is 6.74. The van der Waals surface area contributed by atoms with E-state index in [1.165, 1.54) is 60.7 Å². The second kappa shape index (κ2) is 12.8. The zero-order valence-electron chi connectivity index (χ0n) is 35.4. The number of hydrogen-bond donors (Lipinski definition) is 1. The molecule has 0 saturated heterocycles. The zero-order valence-corrected chi connectivity index (χ0v) is 35.4. The van der Waals surface area contributed by atoms with Crippen LogP contribution in [0.4, 0.5) is 11.4 Å². The second-order valence-electron chi connectivity index (χ2n) is 19.1. The Morgan fingerprint density at radius 2 is 1.13 bits per heavy atom. The average Bonchev–Trinajstić information content (AvgIpc) is 3.92. The van der Waals surface area contributed by atoms with Crippen LogP contribution in [0, 0.1) is 0 Å². The lowest BCUT2D eigenvalue weighted by Gasteiger charge is -2.25. The topological polar surface area (TPSA) is 43.2 Å². The van der Waals surface area contributed by atoms with Gasteiger partial charge in [-0.1, -0.05) is 126 Å². The van der Waals surface area contributed by atoms with Crippen molar-refractivity contribution in [3.63, 3.8) is 0 Å². The number of aromatic nitrogens is 1. The average molecular weight is 789 g/mol. The predicted octanol–water partition coefficient (Wildman–Crippen LogP) is 14.0. The van der Waals surface area contributed by atoms with Gasteiger partial charge in [-0.3, -0.25) is 0 Å². The van der Waals surface area contributed by atoms with E-state index in [9.17, 15) is 0 Å². The van der Waals surface area contributed by atoms with Gasteiger partial charge in [0.1, 0.15) is 22.3 Å². The summed E-state index contributed by atoms with van der Waals surface area (Å²) in [5.41, 5.74) is 19.3. The van der Waals surface area contributed by atoms with Crippen molar-refractivity contribution in [2.45, 2.75) is 52.4 Å². The molecular formula is C56H45BN2O2.